The number of nitrogens with one attached hydrogen (secondary N) is 2. The van der Waals surface area contributed by atoms with E-state index in [4.69, 9.17) is 20.6 Å². The van der Waals surface area contributed by atoms with Gasteiger partial charge in [-0.1, -0.05) is 75.7 Å². The standard InChI is InChI=1S/C45H77N5O10/c1-16-18-19-22-32(58-14)23-20-25-34(51)48(12)38(31(11)17-2)41(53)46-35(27(3)4)40(52)47-36(28(5)6)42(54)49(13)37(29(7)8)45(57)60-39(30(9)10)43(55)50-26-21-24-33(50)44(56)59-15/h1,27-33,35-39H,17-26H2,2-15H3,(H,46,53)(H,47,52)/t31-,32?,33-,35-,36-,37-,38-,39-/m0/s1. The van der Waals surface area contributed by atoms with Gasteiger partial charge in [0.2, 0.25) is 23.6 Å². The summed E-state index contributed by atoms with van der Waals surface area (Å²) in [6.45, 7) is 18.2. The number of amides is 5. The molecule has 1 saturated heterocycles. The Morgan fingerprint density at radius 1 is 0.783 bits per heavy atom. The minimum Gasteiger partial charge on any atom is -0.467 e. The topological polar surface area (TPSA) is 181 Å². The minimum atomic E-state index is -1.21. The van der Waals surface area contributed by atoms with E-state index in [-0.39, 0.29) is 24.3 Å². The lowest BCUT2D eigenvalue weighted by molar-refractivity contribution is -0.172. The van der Waals surface area contributed by atoms with E-state index < -0.39 is 95.6 Å². The van der Waals surface area contributed by atoms with Crippen LogP contribution in [0.1, 0.15) is 127 Å². The van der Waals surface area contributed by atoms with E-state index in [0.29, 0.717) is 45.1 Å². The van der Waals surface area contributed by atoms with Crippen LogP contribution in [0.4, 0.5) is 0 Å². The number of esters is 2. The first-order chi connectivity index (χ1) is 28.1. The van der Waals surface area contributed by atoms with Crippen molar-refractivity contribution in [3.05, 3.63) is 0 Å². The highest BCUT2D eigenvalue weighted by atomic mass is 16.6. The zero-order valence-corrected chi connectivity index (χ0v) is 39.0. The molecule has 1 unspecified atom stereocenters. The van der Waals surface area contributed by atoms with Gasteiger partial charge in [0.1, 0.15) is 30.2 Å². The zero-order chi connectivity index (χ0) is 46.0. The number of carbonyl (C=O) groups is 7. The van der Waals surface area contributed by atoms with Crippen LogP contribution in [0.5, 0.6) is 0 Å². The van der Waals surface area contributed by atoms with Gasteiger partial charge in [-0.15, -0.1) is 12.3 Å². The average Bonchev–Trinajstić information content (AvgIpc) is 3.69. The molecule has 0 aromatic carbocycles. The monoisotopic (exact) mass is 848 g/mol. The van der Waals surface area contributed by atoms with Gasteiger partial charge in [-0.2, -0.15) is 0 Å². The van der Waals surface area contributed by atoms with Gasteiger partial charge in [0.15, 0.2) is 6.10 Å². The first kappa shape index (κ1) is 53.8. The summed E-state index contributed by atoms with van der Waals surface area (Å²) in [6, 6.07) is -4.90. The van der Waals surface area contributed by atoms with Crippen molar-refractivity contribution in [1.29, 1.82) is 0 Å². The summed E-state index contributed by atoms with van der Waals surface area (Å²) < 4.78 is 16.3. The number of hydrogen-bond acceptors (Lipinski definition) is 10. The zero-order valence-electron chi connectivity index (χ0n) is 39.0. The third kappa shape index (κ3) is 15.4. The molecule has 342 valence electrons. The average molecular weight is 848 g/mol. The van der Waals surface area contributed by atoms with Crippen LogP contribution in [0.25, 0.3) is 0 Å². The molecule has 15 heteroatoms. The summed E-state index contributed by atoms with van der Waals surface area (Å²) >= 11 is 0. The second-order valence-corrected chi connectivity index (χ2v) is 17.6. The fraction of sp³-hybridized carbons (Fsp3) is 0.800. The Hall–Kier alpha value is -4.19. The number of carbonyl (C=O) groups excluding carboxylic acids is 7. The molecular weight excluding hydrogens is 771 g/mol. The molecule has 60 heavy (non-hydrogen) atoms. The minimum absolute atomic E-state index is 0.0155. The number of methoxy groups -OCH3 is 2. The SMILES string of the molecule is C#CCCCC(CCCC(=O)N(C)[C@H](C(=O)N[C@H](C(=O)N[C@H](C(=O)N(C)[C@H](C(=O)O[C@H](C(=O)N1CCC[C@H]1C(=O)OC)C(C)C)C(C)C)C(C)C)C(C)C)[C@@H](C)CC)OC. The van der Waals surface area contributed by atoms with E-state index in [0.717, 1.165) is 12.8 Å². The van der Waals surface area contributed by atoms with Crippen molar-refractivity contribution >= 4 is 41.5 Å². The number of nitrogens with zero attached hydrogens (tertiary/aromatic N) is 3. The number of ether oxygens (including phenoxy) is 3. The summed E-state index contributed by atoms with van der Waals surface area (Å²) in [5, 5.41) is 5.73. The lowest BCUT2D eigenvalue weighted by atomic mass is 9.94. The molecule has 1 aliphatic rings. The van der Waals surface area contributed by atoms with Crippen molar-refractivity contribution < 1.29 is 47.8 Å². The van der Waals surface area contributed by atoms with E-state index >= 15 is 0 Å². The Bertz CT molecular complexity index is 1480. The third-order valence-electron chi connectivity index (χ3n) is 11.6. The number of hydrogen-bond donors (Lipinski definition) is 2. The number of likely N-dealkylation sites (tertiary alicyclic amines) is 1. The first-order valence-corrected chi connectivity index (χ1v) is 21.8. The van der Waals surface area contributed by atoms with Crippen LogP contribution in [0.3, 0.4) is 0 Å². The Balaban J connectivity index is 3.22. The summed E-state index contributed by atoms with van der Waals surface area (Å²) in [5.74, 6) is -2.99. The Kier molecular flexibility index (Phi) is 23.5. The van der Waals surface area contributed by atoms with E-state index in [1.54, 1.807) is 69.5 Å². The van der Waals surface area contributed by atoms with E-state index in [2.05, 4.69) is 16.6 Å². The molecule has 1 rings (SSSR count). The second kappa shape index (κ2) is 26.2. The largest absolute Gasteiger partial charge is 0.467 e. The summed E-state index contributed by atoms with van der Waals surface area (Å²) in [6.07, 6.45) is 9.55. The molecule has 0 aliphatic carbocycles. The lowest BCUT2D eigenvalue weighted by Crippen LogP contribution is -2.61. The molecule has 0 aromatic rings. The van der Waals surface area contributed by atoms with Crippen LogP contribution >= 0.6 is 0 Å². The molecule has 2 N–H and O–H groups in total. The van der Waals surface area contributed by atoms with Crippen molar-refractivity contribution in [2.75, 3.05) is 34.9 Å². The van der Waals surface area contributed by atoms with Gasteiger partial charge in [-0.3, -0.25) is 24.0 Å². The molecule has 1 heterocycles. The molecule has 8 atom stereocenters. The van der Waals surface area contributed by atoms with Crippen LogP contribution < -0.4 is 10.6 Å². The summed E-state index contributed by atoms with van der Waals surface area (Å²) in [5.41, 5.74) is 0. The maximum atomic E-state index is 14.2. The molecular formula is C45H77N5O10. The van der Waals surface area contributed by atoms with Crippen molar-refractivity contribution in [1.82, 2.24) is 25.3 Å². The van der Waals surface area contributed by atoms with Crippen molar-refractivity contribution in [3.63, 3.8) is 0 Å². The fourth-order valence-electron chi connectivity index (χ4n) is 7.67. The molecule has 1 fully saturated rings. The maximum absolute atomic E-state index is 14.2. The van der Waals surface area contributed by atoms with Crippen LogP contribution in [-0.4, -0.2) is 133 Å². The van der Waals surface area contributed by atoms with Gasteiger partial charge in [0.05, 0.1) is 13.2 Å². The quantitative estimate of drug-likeness (QED) is 0.0763. The molecule has 0 saturated carbocycles. The van der Waals surface area contributed by atoms with Crippen LogP contribution in [0.15, 0.2) is 0 Å². The highest BCUT2D eigenvalue weighted by Crippen LogP contribution is 2.25. The van der Waals surface area contributed by atoms with E-state index in [9.17, 15) is 33.6 Å². The normalized spacial score (nSPS) is 17.6. The molecule has 5 amide bonds. The highest BCUT2D eigenvalue weighted by molar-refractivity contribution is 5.96. The summed E-state index contributed by atoms with van der Waals surface area (Å²) in [4.78, 5) is 99.8. The van der Waals surface area contributed by atoms with E-state index in [1.807, 2.05) is 13.8 Å². The Morgan fingerprint density at radius 3 is 1.87 bits per heavy atom. The predicted molar refractivity (Wildman–Crippen MR) is 230 cm³/mol. The van der Waals surface area contributed by atoms with Crippen molar-refractivity contribution in [2.45, 2.75) is 169 Å². The number of rotatable bonds is 25. The Labute approximate surface area is 360 Å². The van der Waals surface area contributed by atoms with Crippen molar-refractivity contribution in [2.24, 2.45) is 29.6 Å². The predicted octanol–water partition coefficient (Wildman–Crippen LogP) is 4.34. The van der Waals surface area contributed by atoms with Crippen LogP contribution in [0.2, 0.25) is 0 Å². The third-order valence-corrected chi connectivity index (χ3v) is 11.6. The number of unbranched alkanes of at least 4 members (excludes halogenated alkanes) is 1. The molecule has 15 nitrogen and oxygen atoms in total. The van der Waals surface area contributed by atoms with Crippen LogP contribution in [0, 0.1) is 41.9 Å². The molecule has 0 aromatic heterocycles. The van der Waals surface area contributed by atoms with Crippen molar-refractivity contribution in [3.8, 4) is 12.3 Å². The van der Waals surface area contributed by atoms with Gasteiger partial charge >= 0.3 is 11.9 Å². The van der Waals surface area contributed by atoms with Crippen LogP contribution in [-0.2, 0) is 47.8 Å². The molecule has 0 bridgehead atoms. The first-order valence-electron chi connectivity index (χ1n) is 21.8. The Morgan fingerprint density at radius 2 is 1.37 bits per heavy atom. The lowest BCUT2D eigenvalue weighted by Gasteiger charge is -2.36. The summed E-state index contributed by atoms with van der Waals surface area (Å²) in [7, 11) is 5.96. The highest BCUT2D eigenvalue weighted by Gasteiger charge is 2.43. The number of terminal acetylenes is 1. The molecule has 1 aliphatic heterocycles. The van der Waals surface area contributed by atoms with Gasteiger partial charge < -0.3 is 39.5 Å². The second-order valence-electron chi connectivity index (χ2n) is 17.6. The van der Waals surface area contributed by atoms with Gasteiger partial charge in [-0.25, -0.2) is 9.59 Å². The fourth-order valence-corrected chi connectivity index (χ4v) is 7.67. The van der Waals surface area contributed by atoms with E-state index in [1.165, 1.54) is 28.9 Å². The van der Waals surface area contributed by atoms with Gasteiger partial charge in [-0.05, 0) is 68.1 Å². The smallest absolute Gasteiger partial charge is 0.329 e. The maximum Gasteiger partial charge on any atom is 0.329 e. The molecule has 0 spiro atoms. The molecule has 0 radical (unpaired) electrons. The van der Waals surface area contributed by atoms with Gasteiger partial charge in [0.25, 0.3) is 5.91 Å². The van der Waals surface area contributed by atoms with Gasteiger partial charge in [0, 0.05) is 40.6 Å². The number of likely N-dealkylation sites (N-methyl/N-ethyl adjacent to an activating group) is 2.